The van der Waals surface area contributed by atoms with Crippen molar-refractivity contribution in [3.8, 4) is 45.3 Å². The topological polar surface area (TPSA) is 38.7 Å². The number of aromatic nitrogens is 3. The molecule has 3 nitrogen and oxygen atoms in total. The molecular formula is C29H25N3. The highest BCUT2D eigenvalue weighted by Crippen LogP contribution is 2.26. The van der Waals surface area contributed by atoms with Crippen LogP contribution in [0.1, 0.15) is 13.8 Å². The third-order valence-electron chi connectivity index (χ3n) is 4.95. The fourth-order valence-corrected chi connectivity index (χ4v) is 3.38. The number of benzene rings is 4. The van der Waals surface area contributed by atoms with Crippen LogP contribution in [0.4, 0.5) is 0 Å². The van der Waals surface area contributed by atoms with Crippen LogP contribution in [-0.4, -0.2) is 15.0 Å². The maximum absolute atomic E-state index is 4.78. The molecule has 0 aliphatic carbocycles. The van der Waals surface area contributed by atoms with Gasteiger partial charge in [0.2, 0.25) is 0 Å². The Morgan fingerprint density at radius 2 is 0.562 bits per heavy atom. The molecule has 3 heteroatoms. The highest BCUT2D eigenvalue weighted by atomic mass is 15.0. The van der Waals surface area contributed by atoms with E-state index < -0.39 is 0 Å². The van der Waals surface area contributed by atoms with Gasteiger partial charge in [-0.25, -0.2) is 15.0 Å². The van der Waals surface area contributed by atoms with Gasteiger partial charge in [-0.2, -0.15) is 0 Å². The molecule has 0 fully saturated rings. The normalized spacial score (nSPS) is 10.2. The molecule has 0 unspecified atom stereocenters. The van der Waals surface area contributed by atoms with Gasteiger partial charge in [0.25, 0.3) is 0 Å². The van der Waals surface area contributed by atoms with E-state index in [-0.39, 0.29) is 0 Å². The highest BCUT2D eigenvalue weighted by Gasteiger charge is 2.12. The van der Waals surface area contributed by atoms with Gasteiger partial charge in [0, 0.05) is 16.7 Å². The van der Waals surface area contributed by atoms with Gasteiger partial charge in [0.05, 0.1) is 0 Å². The average Bonchev–Trinajstić information content (AvgIpc) is 2.91. The van der Waals surface area contributed by atoms with Crippen LogP contribution in [0.5, 0.6) is 0 Å². The average molecular weight is 416 g/mol. The summed E-state index contributed by atoms with van der Waals surface area (Å²) in [5, 5.41) is 0. The SMILES string of the molecule is CC.c1ccc(-c2ccc(-c3nc(-c4ccccc4)nc(-c4ccccc4)n3)cc2)cc1. The zero-order valence-corrected chi connectivity index (χ0v) is 18.3. The molecule has 0 radical (unpaired) electrons. The van der Waals surface area contributed by atoms with Crippen molar-refractivity contribution >= 4 is 0 Å². The molecule has 0 atom stereocenters. The Morgan fingerprint density at radius 1 is 0.312 bits per heavy atom. The van der Waals surface area contributed by atoms with Gasteiger partial charge in [-0.05, 0) is 11.1 Å². The first-order valence-corrected chi connectivity index (χ1v) is 10.9. The predicted molar refractivity (Wildman–Crippen MR) is 133 cm³/mol. The van der Waals surface area contributed by atoms with E-state index in [2.05, 4.69) is 36.4 Å². The van der Waals surface area contributed by atoms with Gasteiger partial charge < -0.3 is 0 Å². The maximum atomic E-state index is 4.78. The van der Waals surface area contributed by atoms with Crippen molar-refractivity contribution in [2.45, 2.75) is 13.8 Å². The van der Waals surface area contributed by atoms with Crippen molar-refractivity contribution < 1.29 is 0 Å². The maximum Gasteiger partial charge on any atom is 0.164 e. The lowest BCUT2D eigenvalue weighted by Gasteiger charge is -2.09. The van der Waals surface area contributed by atoms with E-state index in [1.165, 1.54) is 11.1 Å². The summed E-state index contributed by atoms with van der Waals surface area (Å²) in [6.07, 6.45) is 0. The van der Waals surface area contributed by atoms with Gasteiger partial charge in [0.1, 0.15) is 0 Å². The lowest BCUT2D eigenvalue weighted by molar-refractivity contribution is 1.07. The summed E-state index contributed by atoms with van der Waals surface area (Å²) in [5.74, 6) is 2.01. The van der Waals surface area contributed by atoms with Crippen LogP contribution in [0.3, 0.4) is 0 Å². The Hall–Kier alpha value is -4.11. The summed E-state index contributed by atoms with van der Waals surface area (Å²) in [7, 11) is 0. The fraction of sp³-hybridized carbons (Fsp3) is 0.0690. The summed E-state index contributed by atoms with van der Waals surface area (Å²) >= 11 is 0. The Balaban J connectivity index is 0.00000119. The number of rotatable bonds is 4. The quantitative estimate of drug-likeness (QED) is 0.304. The Kier molecular flexibility index (Phi) is 6.78. The minimum Gasteiger partial charge on any atom is -0.208 e. The van der Waals surface area contributed by atoms with Gasteiger partial charge in [-0.1, -0.05) is 129 Å². The number of hydrogen-bond donors (Lipinski definition) is 0. The van der Waals surface area contributed by atoms with Gasteiger partial charge >= 0.3 is 0 Å². The Labute approximate surface area is 189 Å². The van der Waals surface area contributed by atoms with Crippen LogP contribution >= 0.6 is 0 Å². The van der Waals surface area contributed by atoms with Crippen LogP contribution < -0.4 is 0 Å². The summed E-state index contributed by atoms with van der Waals surface area (Å²) in [4.78, 5) is 14.3. The first kappa shape index (κ1) is 21.1. The monoisotopic (exact) mass is 415 g/mol. The zero-order valence-electron chi connectivity index (χ0n) is 18.3. The second kappa shape index (κ2) is 10.3. The molecule has 0 aliphatic heterocycles. The van der Waals surface area contributed by atoms with E-state index in [1.54, 1.807) is 0 Å². The van der Waals surface area contributed by atoms with E-state index in [9.17, 15) is 0 Å². The van der Waals surface area contributed by atoms with Gasteiger partial charge in [-0.15, -0.1) is 0 Å². The zero-order chi connectivity index (χ0) is 22.2. The van der Waals surface area contributed by atoms with Crippen molar-refractivity contribution in [1.82, 2.24) is 15.0 Å². The first-order chi connectivity index (χ1) is 15.9. The smallest absolute Gasteiger partial charge is 0.164 e. The second-order valence-corrected chi connectivity index (χ2v) is 6.98. The molecule has 0 N–H and O–H groups in total. The van der Waals surface area contributed by atoms with Crippen LogP contribution in [0.25, 0.3) is 45.3 Å². The fourth-order valence-electron chi connectivity index (χ4n) is 3.38. The third-order valence-corrected chi connectivity index (χ3v) is 4.95. The van der Waals surface area contributed by atoms with Crippen LogP contribution in [0.15, 0.2) is 115 Å². The molecule has 0 amide bonds. The third kappa shape index (κ3) is 4.79. The standard InChI is InChI=1S/C27H19N3.C2H6/c1-4-10-20(11-5-1)21-16-18-24(19-17-21)27-29-25(22-12-6-2-7-13-22)28-26(30-27)23-14-8-3-9-15-23;1-2/h1-19H;1-2H3. The molecule has 1 aromatic heterocycles. The van der Waals surface area contributed by atoms with E-state index in [4.69, 9.17) is 15.0 Å². The molecule has 0 saturated carbocycles. The minimum atomic E-state index is 0.669. The largest absolute Gasteiger partial charge is 0.208 e. The molecule has 5 aromatic rings. The van der Waals surface area contributed by atoms with Crippen molar-refractivity contribution in [3.63, 3.8) is 0 Å². The summed E-state index contributed by atoms with van der Waals surface area (Å²) in [6, 6.07) is 38.8. The second-order valence-electron chi connectivity index (χ2n) is 6.98. The van der Waals surface area contributed by atoms with E-state index in [1.807, 2.05) is 92.7 Å². The molecular weight excluding hydrogens is 390 g/mol. The number of nitrogens with zero attached hydrogens (tertiary/aromatic N) is 3. The van der Waals surface area contributed by atoms with Crippen LogP contribution in [0.2, 0.25) is 0 Å². The summed E-state index contributed by atoms with van der Waals surface area (Å²) in [6.45, 7) is 4.00. The summed E-state index contributed by atoms with van der Waals surface area (Å²) < 4.78 is 0. The molecule has 4 aromatic carbocycles. The molecule has 0 spiro atoms. The lowest BCUT2D eigenvalue weighted by Crippen LogP contribution is -2.00. The lowest BCUT2D eigenvalue weighted by atomic mass is 10.0. The van der Waals surface area contributed by atoms with Crippen molar-refractivity contribution in [3.05, 3.63) is 115 Å². The van der Waals surface area contributed by atoms with Crippen molar-refractivity contribution in [2.75, 3.05) is 0 Å². The van der Waals surface area contributed by atoms with Gasteiger partial charge in [0.15, 0.2) is 17.5 Å². The molecule has 0 aliphatic rings. The van der Waals surface area contributed by atoms with Gasteiger partial charge in [-0.3, -0.25) is 0 Å². The molecule has 0 bridgehead atoms. The molecule has 5 rings (SSSR count). The molecule has 32 heavy (non-hydrogen) atoms. The van der Waals surface area contributed by atoms with Crippen molar-refractivity contribution in [2.24, 2.45) is 0 Å². The molecule has 1 heterocycles. The molecule has 156 valence electrons. The molecule has 0 saturated heterocycles. The number of hydrogen-bond acceptors (Lipinski definition) is 3. The highest BCUT2D eigenvalue weighted by molar-refractivity contribution is 5.70. The first-order valence-electron chi connectivity index (χ1n) is 10.9. The van der Waals surface area contributed by atoms with Crippen LogP contribution in [0, 0.1) is 0 Å². The van der Waals surface area contributed by atoms with E-state index in [0.717, 1.165) is 16.7 Å². The van der Waals surface area contributed by atoms with E-state index in [0.29, 0.717) is 17.5 Å². The predicted octanol–water partition coefficient (Wildman–Crippen LogP) is 7.57. The Morgan fingerprint density at radius 3 is 0.938 bits per heavy atom. The minimum absolute atomic E-state index is 0.669. The van der Waals surface area contributed by atoms with E-state index >= 15 is 0 Å². The Bertz CT molecular complexity index is 1190. The summed E-state index contributed by atoms with van der Waals surface area (Å²) in [5.41, 5.74) is 5.26. The van der Waals surface area contributed by atoms with Crippen molar-refractivity contribution in [1.29, 1.82) is 0 Å². The van der Waals surface area contributed by atoms with Crippen LogP contribution in [-0.2, 0) is 0 Å².